The fraction of sp³-hybridized carbons (Fsp3) is 0.457. The summed E-state index contributed by atoms with van der Waals surface area (Å²) in [4.78, 5) is 67.4. The highest BCUT2D eigenvalue weighted by molar-refractivity contribution is 5.94. The maximum absolute atomic E-state index is 14.2. The van der Waals surface area contributed by atoms with Crippen LogP contribution in [0.4, 0.5) is 4.79 Å². The molecule has 248 valence electrons. The van der Waals surface area contributed by atoms with E-state index in [9.17, 15) is 24.0 Å². The van der Waals surface area contributed by atoms with Crippen molar-refractivity contribution in [3.05, 3.63) is 71.3 Å². The highest BCUT2D eigenvalue weighted by atomic mass is 16.6. The zero-order chi connectivity index (χ0) is 34.7. The van der Waals surface area contributed by atoms with Crippen molar-refractivity contribution in [2.24, 2.45) is 5.73 Å². The molecule has 3 unspecified atom stereocenters. The fourth-order valence-corrected chi connectivity index (χ4v) is 4.56. The Morgan fingerprint density at radius 1 is 0.870 bits per heavy atom. The standard InChI is InChI=1S/C35H46N4O7/c1-9-23-16-18-25(19-17-23)29(30(41)37-27(32(43)45-34(3,4)5)22-24-14-12-11-13-15-24)39(10-2)31(42)26(20-21-28(36)40)38-33(44)46-35(6,7)8/h1,11-19,26-27,29H,10,20-22H2,2-8H3,(H2,36,40)(H,37,41)(H,38,44). The summed E-state index contributed by atoms with van der Waals surface area (Å²) in [5.74, 6) is -0.123. The zero-order valence-electron chi connectivity index (χ0n) is 27.7. The molecule has 0 saturated carbocycles. The summed E-state index contributed by atoms with van der Waals surface area (Å²) in [7, 11) is 0. The van der Waals surface area contributed by atoms with E-state index >= 15 is 0 Å². The van der Waals surface area contributed by atoms with Crippen molar-refractivity contribution in [2.45, 2.75) is 97.1 Å². The summed E-state index contributed by atoms with van der Waals surface area (Å²) in [5.41, 5.74) is 5.42. The zero-order valence-corrected chi connectivity index (χ0v) is 27.7. The first-order chi connectivity index (χ1) is 21.4. The Kier molecular flexibility index (Phi) is 13.4. The number of nitrogens with two attached hydrogens (primary N) is 1. The predicted octanol–water partition coefficient (Wildman–Crippen LogP) is 3.79. The average molecular weight is 635 g/mol. The molecule has 46 heavy (non-hydrogen) atoms. The van der Waals surface area contributed by atoms with Gasteiger partial charge in [-0.15, -0.1) is 6.42 Å². The topological polar surface area (TPSA) is 157 Å². The van der Waals surface area contributed by atoms with Crippen LogP contribution >= 0.6 is 0 Å². The molecule has 0 heterocycles. The number of primary amides is 1. The molecule has 4 amide bonds. The number of nitrogens with zero attached hydrogens (tertiary/aromatic N) is 1. The largest absolute Gasteiger partial charge is 0.458 e. The van der Waals surface area contributed by atoms with Crippen LogP contribution in [0.1, 0.15) is 84.0 Å². The predicted molar refractivity (Wildman–Crippen MR) is 174 cm³/mol. The first-order valence-corrected chi connectivity index (χ1v) is 15.2. The SMILES string of the molecule is C#Cc1ccc(C(C(=O)NC(Cc2ccccc2)C(=O)OC(C)(C)C)N(CC)C(=O)C(CCC(N)=O)NC(=O)OC(C)(C)C)cc1. The minimum atomic E-state index is -1.26. The van der Waals surface area contributed by atoms with Crippen LogP contribution in [0.5, 0.6) is 0 Å². The summed E-state index contributed by atoms with van der Waals surface area (Å²) < 4.78 is 11.0. The van der Waals surface area contributed by atoms with Crippen LogP contribution in [0.25, 0.3) is 0 Å². The quantitative estimate of drug-likeness (QED) is 0.224. The molecular formula is C35H46N4O7. The number of rotatable bonds is 13. The van der Waals surface area contributed by atoms with Crippen LogP contribution in [0, 0.1) is 12.3 Å². The number of likely N-dealkylation sites (N-methyl/N-ethyl adjacent to an activating group) is 1. The number of alkyl carbamates (subject to hydrolysis) is 1. The van der Waals surface area contributed by atoms with Gasteiger partial charge in [-0.3, -0.25) is 14.4 Å². The number of hydrogen-bond acceptors (Lipinski definition) is 7. The summed E-state index contributed by atoms with van der Waals surface area (Å²) in [6.07, 6.45) is 4.45. The molecule has 0 bridgehead atoms. The Hall–Kier alpha value is -4.85. The van der Waals surface area contributed by atoms with Crippen LogP contribution in [0.15, 0.2) is 54.6 Å². The molecule has 11 nitrogen and oxygen atoms in total. The molecule has 3 atom stereocenters. The van der Waals surface area contributed by atoms with Gasteiger partial charge in [0.2, 0.25) is 17.7 Å². The van der Waals surface area contributed by atoms with E-state index < -0.39 is 59.1 Å². The van der Waals surface area contributed by atoms with Gasteiger partial charge in [0, 0.05) is 24.9 Å². The lowest BCUT2D eigenvalue weighted by Crippen LogP contribution is -2.55. The maximum atomic E-state index is 14.2. The smallest absolute Gasteiger partial charge is 0.408 e. The van der Waals surface area contributed by atoms with E-state index in [1.807, 2.05) is 30.3 Å². The molecule has 11 heteroatoms. The number of carbonyl (C=O) groups is 5. The Labute approximate surface area is 271 Å². The molecule has 0 aliphatic rings. The van der Waals surface area contributed by atoms with Crippen LogP contribution in [0.3, 0.4) is 0 Å². The number of carbonyl (C=O) groups excluding carboxylic acids is 5. The van der Waals surface area contributed by atoms with Gasteiger partial charge in [0.25, 0.3) is 0 Å². The Balaban J connectivity index is 2.56. The molecule has 2 aromatic carbocycles. The number of hydrogen-bond donors (Lipinski definition) is 3. The van der Waals surface area contributed by atoms with Gasteiger partial charge in [0.1, 0.15) is 29.3 Å². The average Bonchev–Trinajstić information content (AvgIpc) is 2.96. The van der Waals surface area contributed by atoms with Crippen molar-refractivity contribution in [1.82, 2.24) is 15.5 Å². The normalized spacial score (nSPS) is 13.3. The van der Waals surface area contributed by atoms with E-state index in [1.54, 1.807) is 72.7 Å². The van der Waals surface area contributed by atoms with Gasteiger partial charge in [0.05, 0.1) is 0 Å². The molecule has 0 aromatic heterocycles. The van der Waals surface area contributed by atoms with Crippen molar-refractivity contribution in [1.29, 1.82) is 0 Å². The number of terminal acetylenes is 1. The van der Waals surface area contributed by atoms with E-state index in [0.717, 1.165) is 5.56 Å². The summed E-state index contributed by atoms with van der Waals surface area (Å²) in [6, 6.07) is 12.0. The highest BCUT2D eigenvalue weighted by Gasteiger charge is 2.37. The molecule has 0 aliphatic heterocycles. The summed E-state index contributed by atoms with van der Waals surface area (Å²) >= 11 is 0. The molecule has 0 radical (unpaired) electrons. The molecule has 0 aliphatic carbocycles. The van der Waals surface area contributed by atoms with Crippen LogP contribution in [0.2, 0.25) is 0 Å². The maximum Gasteiger partial charge on any atom is 0.408 e. The summed E-state index contributed by atoms with van der Waals surface area (Å²) in [5, 5.41) is 5.34. The number of benzene rings is 2. The lowest BCUT2D eigenvalue weighted by Gasteiger charge is -2.34. The fourth-order valence-electron chi connectivity index (χ4n) is 4.56. The van der Waals surface area contributed by atoms with Crippen molar-refractivity contribution >= 4 is 29.8 Å². The molecule has 2 aromatic rings. The second-order valence-electron chi connectivity index (χ2n) is 12.8. The third kappa shape index (κ3) is 12.3. The molecule has 2 rings (SSSR count). The monoisotopic (exact) mass is 634 g/mol. The van der Waals surface area contributed by atoms with Crippen molar-refractivity contribution in [3.8, 4) is 12.3 Å². The first-order valence-electron chi connectivity index (χ1n) is 15.2. The Morgan fingerprint density at radius 2 is 1.46 bits per heavy atom. The third-order valence-corrected chi connectivity index (χ3v) is 6.54. The van der Waals surface area contributed by atoms with Crippen molar-refractivity contribution in [3.63, 3.8) is 0 Å². The van der Waals surface area contributed by atoms with Gasteiger partial charge in [-0.05, 0) is 78.1 Å². The van der Waals surface area contributed by atoms with Crippen molar-refractivity contribution in [2.75, 3.05) is 6.54 Å². The minimum absolute atomic E-state index is 0.0205. The van der Waals surface area contributed by atoms with Gasteiger partial charge in [0.15, 0.2) is 0 Å². The van der Waals surface area contributed by atoms with Gasteiger partial charge in [-0.25, -0.2) is 9.59 Å². The molecular weight excluding hydrogens is 588 g/mol. The van der Waals surface area contributed by atoms with E-state index in [4.69, 9.17) is 21.6 Å². The van der Waals surface area contributed by atoms with Crippen molar-refractivity contribution < 1.29 is 33.4 Å². The molecule has 0 fully saturated rings. The van der Waals surface area contributed by atoms with E-state index in [0.29, 0.717) is 11.1 Å². The lowest BCUT2D eigenvalue weighted by molar-refractivity contribution is -0.159. The second kappa shape index (κ2) is 16.5. The van der Waals surface area contributed by atoms with E-state index in [1.165, 1.54) is 4.90 Å². The number of esters is 1. The Bertz CT molecular complexity index is 1400. The van der Waals surface area contributed by atoms with Gasteiger partial charge in [-0.2, -0.15) is 0 Å². The number of nitrogens with one attached hydrogen (secondary N) is 2. The van der Waals surface area contributed by atoms with Gasteiger partial charge < -0.3 is 30.7 Å². The third-order valence-electron chi connectivity index (χ3n) is 6.54. The minimum Gasteiger partial charge on any atom is -0.458 e. The molecule has 0 saturated heterocycles. The van der Waals surface area contributed by atoms with E-state index in [2.05, 4.69) is 16.6 Å². The molecule has 4 N–H and O–H groups in total. The number of ether oxygens (including phenoxy) is 2. The first kappa shape index (κ1) is 37.3. The van der Waals surface area contributed by atoms with E-state index in [-0.39, 0.29) is 25.8 Å². The molecule has 0 spiro atoms. The summed E-state index contributed by atoms with van der Waals surface area (Å²) in [6.45, 7) is 11.9. The van der Waals surface area contributed by atoms with Crippen LogP contribution < -0.4 is 16.4 Å². The second-order valence-corrected chi connectivity index (χ2v) is 12.8. The van der Waals surface area contributed by atoms with Crippen LogP contribution in [-0.4, -0.2) is 64.5 Å². The van der Waals surface area contributed by atoms with Gasteiger partial charge >= 0.3 is 12.1 Å². The lowest BCUT2D eigenvalue weighted by atomic mass is 9.99. The Morgan fingerprint density at radius 3 is 1.96 bits per heavy atom. The highest BCUT2D eigenvalue weighted by Crippen LogP contribution is 2.25. The number of amides is 4. The van der Waals surface area contributed by atoms with Crippen LogP contribution in [-0.2, 0) is 35.1 Å². The van der Waals surface area contributed by atoms with Gasteiger partial charge in [-0.1, -0.05) is 48.4 Å².